The number of nitrogens with zero attached hydrogens (tertiary/aromatic N) is 4. The highest BCUT2D eigenvalue weighted by Crippen LogP contribution is 2.34. The molecule has 0 aromatic carbocycles. The average molecular weight is 287 g/mol. The number of nitriles is 1. The van der Waals surface area contributed by atoms with Crippen molar-refractivity contribution < 1.29 is 0 Å². The molecule has 1 N–H and O–H groups in total. The molecule has 0 radical (unpaired) electrons. The highest BCUT2D eigenvalue weighted by Gasteiger charge is 2.37. The Morgan fingerprint density at radius 1 is 1.38 bits per heavy atom. The molecule has 0 spiro atoms. The second kappa shape index (κ2) is 5.69. The molecule has 2 fully saturated rings. The molecule has 1 aromatic rings. The summed E-state index contributed by atoms with van der Waals surface area (Å²) in [6.45, 7) is 5.13. The maximum Gasteiger partial charge on any atom is 0.145 e. The fraction of sp³-hybridized carbons (Fsp3) is 0.750. The molecule has 0 saturated carbocycles. The number of hydrogen-bond donors (Lipinski definition) is 1. The molecule has 2 aliphatic rings. The Morgan fingerprint density at radius 3 is 2.62 bits per heavy atom. The van der Waals surface area contributed by atoms with E-state index in [1.54, 1.807) is 0 Å². The van der Waals surface area contributed by atoms with E-state index in [4.69, 9.17) is 0 Å². The zero-order chi connectivity index (χ0) is 15.0. The first-order valence-electron chi connectivity index (χ1n) is 8.10. The molecule has 5 nitrogen and oxygen atoms in total. The van der Waals surface area contributed by atoms with Crippen molar-refractivity contribution >= 4 is 5.82 Å². The fourth-order valence-corrected chi connectivity index (χ4v) is 4.09. The van der Waals surface area contributed by atoms with Gasteiger partial charge in [-0.05, 0) is 39.0 Å². The van der Waals surface area contributed by atoms with E-state index in [9.17, 15) is 5.26 Å². The second-order valence-electron chi connectivity index (χ2n) is 6.48. The van der Waals surface area contributed by atoms with Crippen LogP contribution in [0.5, 0.6) is 0 Å². The maximum absolute atomic E-state index is 9.50. The Balaban J connectivity index is 1.93. The molecule has 2 aliphatic heterocycles. The molecule has 0 amide bonds. The summed E-state index contributed by atoms with van der Waals surface area (Å²) in [4.78, 5) is 2.45. The van der Waals surface area contributed by atoms with Gasteiger partial charge in [-0.15, -0.1) is 0 Å². The quantitative estimate of drug-likeness (QED) is 0.921. The first-order chi connectivity index (χ1) is 10.1. The van der Waals surface area contributed by atoms with Crippen LogP contribution in [0.4, 0.5) is 5.82 Å². The number of piperidine rings is 1. The monoisotopic (exact) mass is 287 g/mol. The van der Waals surface area contributed by atoms with E-state index >= 15 is 0 Å². The first kappa shape index (κ1) is 14.4. The minimum absolute atomic E-state index is 0.533. The lowest BCUT2D eigenvalue weighted by molar-refractivity contribution is 0.344. The van der Waals surface area contributed by atoms with Crippen LogP contribution in [-0.2, 0) is 7.05 Å². The predicted octanol–water partition coefficient (Wildman–Crippen LogP) is 2.10. The molecule has 2 saturated heterocycles. The number of hydrogen-bond acceptors (Lipinski definition) is 4. The van der Waals surface area contributed by atoms with E-state index in [0.717, 1.165) is 30.0 Å². The largest absolute Gasteiger partial charge is 0.353 e. The lowest BCUT2D eigenvalue weighted by atomic mass is 9.97. The van der Waals surface area contributed by atoms with Crippen molar-refractivity contribution in [2.75, 3.05) is 11.4 Å². The summed E-state index contributed by atoms with van der Waals surface area (Å²) in [6.07, 6.45) is 6.07. The lowest BCUT2D eigenvalue weighted by Gasteiger charge is -2.39. The van der Waals surface area contributed by atoms with Crippen molar-refractivity contribution in [3.63, 3.8) is 0 Å². The number of fused-ring (bicyclic) bond motifs is 2. The summed E-state index contributed by atoms with van der Waals surface area (Å²) in [5.41, 5.74) is 1.59. The topological polar surface area (TPSA) is 56.9 Å². The van der Waals surface area contributed by atoms with Gasteiger partial charge in [-0.25, -0.2) is 0 Å². The van der Waals surface area contributed by atoms with E-state index in [2.05, 4.69) is 28.3 Å². The summed E-state index contributed by atoms with van der Waals surface area (Å²) in [5, 5.41) is 17.7. The van der Waals surface area contributed by atoms with Gasteiger partial charge in [0.05, 0.1) is 5.69 Å². The maximum atomic E-state index is 9.50. The molecule has 2 unspecified atom stereocenters. The van der Waals surface area contributed by atoms with Crippen molar-refractivity contribution in [2.24, 2.45) is 7.05 Å². The van der Waals surface area contributed by atoms with Crippen LogP contribution in [0.1, 0.15) is 50.3 Å². The summed E-state index contributed by atoms with van der Waals surface area (Å²) < 4.78 is 1.90. The molecule has 21 heavy (non-hydrogen) atoms. The summed E-state index contributed by atoms with van der Waals surface area (Å²) >= 11 is 0. The zero-order valence-corrected chi connectivity index (χ0v) is 13.3. The second-order valence-corrected chi connectivity index (χ2v) is 6.48. The van der Waals surface area contributed by atoms with Gasteiger partial charge in [0.25, 0.3) is 0 Å². The van der Waals surface area contributed by atoms with Gasteiger partial charge in [-0.1, -0.05) is 6.92 Å². The summed E-state index contributed by atoms with van der Waals surface area (Å²) in [7, 11) is 1.96. The van der Waals surface area contributed by atoms with Crippen molar-refractivity contribution in [3.05, 3.63) is 11.3 Å². The Kier molecular flexibility index (Phi) is 3.90. The Morgan fingerprint density at radius 2 is 2.05 bits per heavy atom. The van der Waals surface area contributed by atoms with Gasteiger partial charge < -0.3 is 10.2 Å². The third-order valence-corrected chi connectivity index (χ3v) is 4.93. The van der Waals surface area contributed by atoms with Gasteiger partial charge in [-0.3, -0.25) is 4.68 Å². The van der Waals surface area contributed by atoms with Gasteiger partial charge in [0, 0.05) is 31.7 Å². The molecule has 0 aliphatic carbocycles. The Bertz CT molecular complexity index is 544. The van der Waals surface area contributed by atoms with Gasteiger partial charge >= 0.3 is 0 Å². The fourth-order valence-electron chi connectivity index (χ4n) is 4.09. The van der Waals surface area contributed by atoms with Crippen LogP contribution >= 0.6 is 0 Å². The first-order valence-corrected chi connectivity index (χ1v) is 8.10. The highest BCUT2D eigenvalue weighted by molar-refractivity contribution is 5.57. The zero-order valence-electron chi connectivity index (χ0n) is 13.3. The predicted molar refractivity (Wildman–Crippen MR) is 83.3 cm³/mol. The minimum atomic E-state index is 0.533. The van der Waals surface area contributed by atoms with Gasteiger partial charge in [0.15, 0.2) is 0 Å². The average Bonchev–Trinajstić information content (AvgIpc) is 2.94. The van der Waals surface area contributed by atoms with E-state index < -0.39 is 0 Å². The van der Waals surface area contributed by atoms with Crippen molar-refractivity contribution in [3.8, 4) is 6.07 Å². The molecule has 2 bridgehead atoms. The van der Waals surface area contributed by atoms with Crippen molar-refractivity contribution in [1.82, 2.24) is 15.1 Å². The molecular weight excluding hydrogens is 262 g/mol. The Hall–Kier alpha value is -1.54. The van der Waals surface area contributed by atoms with Crippen LogP contribution in [0.15, 0.2) is 0 Å². The van der Waals surface area contributed by atoms with Gasteiger partial charge in [-0.2, -0.15) is 10.4 Å². The van der Waals surface area contributed by atoms with E-state index in [1.165, 1.54) is 25.7 Å². The molecule has 114 valence electrons. The summed E-state index contributed by atoms with van der Waals surface area (Å²) in [6, 6.07) is 4.21. The van der Waals surface area contributed by atoms with Crippen LogP contribution < -0.4 is 10.2 Å². The molecule has 3 heterocycles. The van der Waals surface area contributed by atoms with E-state index in [-0.39, 0.29) is 0 Å². The number of aromatic nitrogens is 2. The number of rotatable bonds is 4. The highest BCUT2D eigenvalue weighted by atomic mass is 15.4. The molecule has 5 heteroatoms. The van der Waals surface area contributed by atoms with Crippen LogP contribution in [-0.4, -0.2) is 34.5 Å². The van der Waals surface area contributed by atoms with E-state index in [1.807, 2.05) is 18.7 Å². The molecule has 3 rings (SSSR count). The van der Waals surface area contributed by atoms with Crippen molar-refractivity contribution in [1.29, 1.82) is 5.26 Å². The molecular formula is C16H25N5. The Labute approximate surface area is 126 Å². The normalized spacial score (nSPS) is 27.6. The number of nitrogens with one attached hydrogen (secondary N) is 1. The SMILES string of the molecule is CCCN(c1c(C#N)c(C)nn1C)C1CC2CCC(C1)N2. The number of anilines is 1. The van der Waals surface area contributed by atoms with Gasteiger partial charge in [0.2, 0.25) is 0 Å². The third-order valence-electron chi connectivity index (χ3n) is 4.93. The van der Waals surface area contributed by atoms with Crippen LogP contribution in [0.2, 0.25) is 0 Å². The smallest absolute Gasteiger partial charge is 0.145 e. The van der Waals surface area contributed by atoms with E-state index in [0.29, 0.717) is 18.1 Å². The lowest BCUT2D eigenvalue weighted by Crippen LogP contribution is -2.49. The third kappa shape index (κ3) is 2.53. The summed E-state index contributed by atoms with van der Waals surface area (Å²) in [5.74, 6) is 1.02. The van der Waals surface area contributed by atoms with Crippen molar-refractivity contribution in [2.45, 2.75) is 64.1 Å². The minimum Gasteiger partial charge on any atom is -0.353 e. The van der Waals surface area contributed by atoms with Crippen LogP contribution in [0, 0.1) is 18.3 Å². The van der Waals surface area contributed by atoms with Crippen LogP contribution in [0.25, 0.3) is 0 Å². The number of aryl methyl sites for hydroxylation is 2. The molecule has 1 aromatic heterocycles. The van der Waals surface area contributed by atoms with Crippen LogP contribution in [0.3, 0.4) is 0 Å². The molecule has 2 atom stereocenters. The standard InChI is InChI=1S/C16H25N5/c1-4-7-21(14-8-12-5-6-13(9-14)18-12)16-15(10-17)11(2)19-20(16)3/h12-14,18H,4-9H2,1-3H3. The van der Waals surface area contributed by atoms with Gasteiger partial charge in [0.1, 0.15) is 17.5 Å².